The molecule has 0 atom stereocenters. The fourth-order valence-corrected chi connectivity index (χ4v) is 1.93. The number of methoxy groups -OCH3 is 1. The second-order valence-corrected chi connectivity index (χ2v) is 4.51. The van der Waals surface area contributed by atoms with Crippen molar-refractivity contribution in [3.63, 3.8) is 0 Å². The number of nitrogens with zero attached hydrogens (tertiary/aromatic N) is 1. The Morgan fingerprint density at radius 3 is 2.68 bits per heavy atom. The van der Waals surface area contributed by atoms with E-state index in [0.717, 1.165) is 11.3 Å². The van der Waals surface area contributed by atoms with Gasteiger partial charge in [-0.05, 0) is 30.2 Å². The molecule has 6 heteroatoms. The largest absolute Gasteiger partial charge is 0.496 e. The van der Waals surface area contributed by atoms with Crippen LogP contribution in [0, 0.1) is 0 Å². The van der Waals surface area contributed by atoms with E-state index in [1.165, 1.54) is 6.20 Å². The maximum atomic E-state index is 11.7. The SMILES string of the molecule is COc1ccccc1CCNC(=O)C(=O)Nc1cccnc1. The minimum atomic E-state index is -0.715. The quantitative estimate of drug-likeness (QED) is 0.818. The lowest BCUT2D eigenvalue weighted by atomic mass is 10.1. The number of benzene rings is 1. The molecule has 0 unspecified atom stereocenters. The molecule has 2 N–H and O–H groups in total. The number of amides is 2. The number of pyridine rings is 1. The normalized spacial score (nSPS) is 9.86. The van der Waals surface area contributed by atoms with Gasteiger partial charge in [-0.3, -0.25) is 14.6 Å². The lowest BCUT2D eigenvalue weighted by molar-refractivity contribution is -0.136. The van der Waals surface area contributed by atoms with E-state index in [4.69, 9.17) is 4.74 Å². The van der Waals surface area contributed by atoms with E-state index in [2.05, 4.69) is 15.6 Å². The Morgan fingerprint density at radius 1 is 1.14 bits per heavy atom. The maximum absolute atomic E-state index is 11.7. The van der Waals surface area contributed by atoms with Crippen LogP contribution in [0.2, 0.25) is 0 Å². The van der Waals surface area contributed by atoms with Crippen molar-refractivity contribution in [1.82, 2.24) is 10.3 Å². The monoisotopic (exact) mass is 299 g/mol. The third-order valence-electron chi connectivity index (χ3n) is 3.00. The van der Waals surface area contributed by atoms with Gasteiger partial charge in [-0.2, -0.15) is 0 Å². The smallest absolute Gasteiger partial charge is 0.313 e. The summed E-state index contributed by atoms with van der Waals surface area (Å²) in [5.74, 6) is -0.636. The minimum Gasteiger partial charge on any atom is -0.496 e. The molecule has 2 amide bonds. The molecule has 0 bridgehead atoms. The predicted molar refractivity (Wildman–Crippen MR) is 82.6 cm³/mol. The van der Waals surface area contributed by atoms with Crippen molar-refractivity contribution in [1.29, 1.82) is 0 Å². The van der Waals surface area contributed by atoms with Crippen LogP contribution in [0.15, 0.2) is 48.8 Å². The predicted octanol–water partition coefficient (Wildman–Crippen LogP) is 1.39. The van der Waals surface area contributed by atoms with Gasteiger partial charge in [0.2, 0.25) is 0 Å². The van der Waals surface area contributed by atoms with Gasteiger partial charge in [0.15, 0.2) is 0 Å². The molecule has 2 aromatic rings. The van der Waals surface area contributed by atoms with Gasteiger partial charge in [-0.25, -0.2) is 0 Å². The van der Waals surface area contributed by atoms with Crippen molar-refractivity contribution in [3.8, 4) is 5.75 Å². The molecule has 0 saturated heterocycles. The summed E-state index contributed by atoms with van der Waals surface area (Å²) in [7, 11) is 1.60. The molecule has 0 aliphatic heterocycles. The van der Waals surface area contributed by atoms with Crippen LogP contribution >= 0.6 is 0 Å². The number of rotatable bonds is 5. The number of hydrogen-bond acceptors (Lipinski definition) is 4. The van der Waals surface area contributed by atoms with Crippen LogP contribution in [-0.2, 0) is 16.0 Å². The number of carbonyl (C=O) groups excluding carboxylic acids is 2. The average Bonchev–Trinajstić information content (AvgIpc) is 2.56. The molecule has 0 saturated carbocycles. The first-order valence-corrected chi connectivity index (χ1v) is 6.82. The topological polar surface area (TPSA) is 80.3 Å². The standard InChI is InChI=1S/C16H17N3O3/c1-22-14-7-3-2-5-12(14)8-10-18-15(20)16(21)19-13-6-4-9-17-11-13/h2-7,9,11H,8,10H2,1H3,(H,18,20)(H,19,21). The Hall–Kier alpha value is -2.89. The summed E-state index contributed by atoms with van der Waals surface area (Å²) in [5.41, 5.74) is 1.45. The van der Waals surface area contributed by atoms with Gasteiger partial charge < -0.3 is 15.4 Å². The van der Waals surface area contributed by atoms with Crippen LogP contribution < -0.4 is 15.4 Å². The summed E-state index contributed by atoms with van der Waals surface area (Å²) in [5, 5.41) is 5.05. The maximum Gasteiger partial charge on any atom is 0.313 e. The fourth-order valence-electron chi connectivity index (χ4n) is 1.93. The number of para-hydroxylation sites is 1. The highest BCUT2D eigenvalue weighted by molar-refractivity contribution is 6.39. The molecule has 1 aromatic carbocycles. The summed E-state index contributed by atoms with van der Waals surface area (Å²) in [4.78, 5) is 27.3. The van der Waals surface area contributed by atoms with E-state index in [0.29, 0.717) is 18.7 Å². The van der Waals surface area contributed by atoms with E-state index in [-0.39, 0.29) is 0 Å². The molecule has 2 rings (SSSR count). The van der Waals surface area contributed by atoms with Crippen LogP contribution in [0.3, 0.4) is 0 Å². The molecule has 0 aliphatic carbocycles. The first-order valence-electron chi connectivity index (χ1n) is 6.82. The summed E-state index contributed by atoms with van der Waals surface area (Å²) >= 11 is 0. The molecule has 0 radical (unpaired) electrons. The molecule has 1 aromatic heterocycles. The average molecular weight is 299 g/mol. The number of nitrogens with one attached hydrogen (secondary N) is 2. The van der Waals surface area contributed by atoms with Crippen LogP contribution in [-0.4, -0.2) is 30.5 Å². The number of carbonyl (C=O) groups is 2. The Bertz CT molecular complexity index is 644. The van der Waals surface area contributed by atoms with Gasteiger partial charge in [-0.15, -0.1) is 0 Å². The number of aromatic nitrogens is 1. The second kappa shape index (κ2) is 7.78. The van der Waals surface area contributed by atoms with Crippen molar-refractivity contribution < 1.29 is 14.3 Å². The van der Waals surface area contributed by atoms with Crippen LogP contribution in [0.5, 0.6) is 5.75 Å². The first kappa shape index (κ1) is 15.5. The first-order chi connectivity index (χ1) is 10.7. The number of anilines is 1. The van der Waals surface area contributed by atoms with Gasteiger partial charge in [0.1, 0.15) is 5.75 Å². The van der Waals surface area contributed by atoms with E-state index < -0.39 is 11.8 Å². The molecular weight excluding hydrogens is 282 g/mol. The number of hydrogen-bond donors (Lipinski definition) is 2. The zero-order chi connectivity index (χ0) is 15.8. The zero-order valence-corrected chi connectivity index (χ0v) is 12.2. The highest BCUT2D eigenvalue weighted by Gasteiger charge is 2.13. The van der Waals surface area contributed by atoms with Crippen LogP contribution in [0.1, 0.15) is 5.56 Å². The molecule has 6 nitrogen and oxygen atoms in total. The van der Waals surface area contributed by atoms with Gasteiger partial charge in [0.25, 0.3) is 0 Å². The molecule has 0 fully saturated rings. The minimum absolute atomic E-state index is 0.347. The molecule has 1 heterocycles. The third-order valence-corrected chi connectivity index (χ3v) is 3.00. The molecule has 22 heavy (non-hydrogen) atoms. The molecular formula is C16H17N3O3. The Balaban J connectivity index is 1.81. The zero-order valence-electron chi connectivity index (χ0n) is 12.2. The van der Waals surface area contributed by atoms with Crippen molar-refractivity contribution in [3.05, 3.63) is 54.4 Å². The lowest BCUT2D eigenvalue weighted by Crippen LogP contribution is -2.36. The Labute approximate surface area is 128 Å². The summed E-state index contributed by atoms with van der Waals surface area (Å²) in [6, 6.07) is 10.9. The van der Waals surface area contributed by atoms with Gasteiger partial charge in [-0.1, -0.05) is 18.2 Å². The van der Waals surface area contributed by atoms with Gasteiger partial charge in [0.05, 0.1) is 19.0 Å². The van der Waals surface area contributed by atoms with E-state index in [1.807, 2.05) is 24.3 Å². The summed E-state index contributed by atoms with van der Waals surface area (Å²) < 4.78 is 5.23. The highest BCUT2D eigenvalue weighted by atomic mass is 16.5. The van der Waals surface area contributed by atoms with Gasteiger partial charge >= 0.3 is 11.8 Å². The van der Waals surface area contributed by atoms with Crippen molar-refractivity contribution in [2.24, 2.45) is 0 Å². The highest BCUT2D eigenvalue weighted by Crippen LogP contribution is 2.17. The van der Waals surface area contributed by atoms with Gasteiger partial charge in [0, 0.05) is 12.7 Å². The number of ether oxygens (including phenoxy) is 1. The fraction of sp³-hybridized carbons (Fsp3) is 0.188. The van der Waals surface area contributed by atoms with E-state index in [9.17, 15) is 9.59 Å². The van der Waals surface area contributed by atoms with Crippen molar-refractivity contribution >= 4 is 17.5 Å². The second-order valence-electron chi connectivity index (χ2n) is 4.51. The third kappa shape index (κ3) is 4.31. The summed E-state index contributed by atoms with van der Waals surface area (Å²) in [6.07, 6.45) is 3.64. The van der Waals surface area contributed by atoms with Crippen LogP contribution in [0.4, 0.5) is 5.69 Å². The lowest BCUT2D eigenvalue weighted by Gasteiger charge is -2.09. The molecule has 114 valence electrons. The van der Waals surface area contributed by atoms with Crippen molar-refractivity contribution in [2.75, 3.05) is 19.0 Å². The van der Waals surface area contributed by atoms with E-state index >= 15 is 0 Å². The van der Waals surface area contributed by atoms with Crippen LogP contribution in [0.25, 0.3) is 0 Å². The molecule has 0 aliphatic rings. The Kier molecular flexibility index (Phi) is 5.48. The molecule has 0 spiro atoms. The van der Waals surface area contributed by atoms with Crippen molar-refractivity contribution in [2.45, 2.75) is 6.42 Å². The summed E-state index contributed by atoms with van der Waals surface area (Å²) in [6.45, 7) is 0.347. The Morgan fingerprint density at radius 2 is 1.95 bits per heavy atom. The van der Waals surface area contributed by atoms with E-state index in [1.54, 1.807) is 25.4 Å².